The largest absolute Gasteiger partial charge is 0.321 e. The van der Waals surface area contributed by atoms with Gasteiger partial charge in [-0.2, -0.15) is 0 Å². The Morgan fingerprint density at radius 3 is 1.97 bits per heavy atom. The molecule has 0 radical (unpaired) electrons. The van der Waals surface area contributed by atoms with Gasteiger partial charge in [0.2, 0.25) is 0 Å². The first-order valence-electron chi connectivity index (χ1n) is 10.5. The second-order valence-electron chi connectivity index (χ2n) is 8.04. The van der Waals surface area contributed by atoms with Crippen molar-refractivity contribution >= 4 is 39.5 Å². The second-order valence-corrected chi connectivity index (χ2v) is 9.01. The van der Waals surface area contributed by atoms with Crippen LogP contribution in [0.15, 0.2) is 47.3 Å². The zero-order valence-corrected chi connectivity index (χ0v) is 19.9. The molecule has 2 heterocycles. The van der Waals surface area contributed by atoms with E-state index in [1.54, 1.807) is 19.1 Å². The Balaban J connectivity index is 1.83. The molecule has 2 amide bonds. The molecule has 0 aliphatic heterocycles. The number of hydrogen-bond acceptors (Lipinski definition) is 5. The second kappa shape index (κ2) is 8.63. The monoisotopic (exact) mass is 460 g/mol. The summed E-state index contributed by atoms with van der Waals surface area (Å²) in [6.07, 6.45) is 0. The molecule has 2 aromatic carbocycles. The molecule has 0 saturated carbocycles. The summed E-state index contributed by atoms with van der Waals surface area (Å²) in [5, 5.41) is 5.76. The maximum absolute atomic E-state index is 13.4. The Hall–Kier alpha value is -3.78. The van der Waals surface area contributed by atoms with Crippen molar-refractivity contribution in [3.8, 4) is 0 Å². The SMILES string of the molecule is Cc1cc(=O)n2c(C(=O)Nc3cccc(C)c3C)c(C(=O)Nc3cccc(C)c3C)sc2n1. The molecule has 0 fully saturated rings. The van der Waals surface area contributed by atoms with E-state index in [2.05, 4.69) is 15.6 Å². The average Bonchev–Trinajstić information content (AvgIpc) is 3.14. The zero-order chi connectivity index (χ0) is 23.9. The Labute approximate surface area is 195 Å². The first kappa shape index (κ1) is 22.4. The Morgan fingerprint density at radius 2 is 1.39 bits per heavy atom. The summed E-state index contributed by atoms with van der Waals surface area (Å²) in [4.78, 5) is 44.3. The van der Waals surface area contributed by atoms with Crippen molar-refractivity contribution in [2.45, 2.75) is 34.6 Å². The zero-order valence-electron chi connectivity index (χ0n) is 19.1. The highest BCUT2D eigenvalue weighted by molar-refractivity contribution is 7.19. The molecule has 0 atom stereocenters. The molecule has 0 saturated heterocycles. The van der Waals surface area contributed by atoms with Crippen molar-refractivity contribution in [1.82, 2.24) is 9.38 Å². The molecular formula is C25H24N4O3S. The van der Waals surface area contributed by atoms with E-state index in [1.165, 1.54) is 10.5 Å². The maximum atomic E-state index is 13.4. The first-order chi connectivity index (χ1) is 15.7. The van der Waals surface area contributed by atoms with Crippen LogP contribution in [0.5, 0.6) is 0 Å². The van der Waals surface area contributed by atoms with E-state index in [0.717, 1.165) is 33.6 Å². The van der Waals surface area contributed by atoms with Gasteiger partial charge >= 0.3 is 0 Å². The van der Waals surface area contributed by atoms with Crippen LogP contribution < -0.4 is 16.2 Å². The molecule has 168 valence electrons. The minimum Gasteiger partial charge on any atom is -0.321 e. The Morgan fingerprint density at radius 1 is 0.848 bits per heavy atom. The predicted octanol–water partition coefficient (Wildman–Crippen LogP) is 4.80. The van der Waals surface area contributed by atoms with Gasteiger partial charge in [-0.15, -0.1) is 0 Å². The first-order valence-corrected chi connectivity index (χ1v) is 11.3. The van der Waals surface area contributed by atoms with Crippen molar-refractivity contribution in [2.75, 3.05) is 10.6 Å². The number of anilines is 2. The molecule has 4 aromatic rings. The molecule has 0 spiro atoms. The lowest BCUT2D eigenvalue weighted by molar-refractivity contribution is 0.0989. The van der Waals surface area contributed by atoms with E-state index in [9.17, 15) is 14.4 Å². The van der Waals surface area contributed by atoms with Crippen molar-refractivity contribution in [2.24, 2.45) is 0 Å². The molecule has 0 aliphatic carbocycles. The van der Waals surface area contributed by atoms with Gasteiger partial charge in [-0.25, -0.2) is 9.38 Å². The Kier molecular flexibility index (Phi) is 5.86. The van der Waals surface area contributed by atoms with Gasteiger partial charge in [-0.1, -0.05) is 35.6 Å². The fraction of sp³-hybridized carbons (Fsp3) is 0.200. The minimum atomic E-state index is -0.547. The van der Waals surface area contributed by atoms with Crippen molar-refractivity contribution < 1.29 is 9.59 Å². The number of thiazole rings is 1. The molecule has 7 nitrogen and oxygen atoms in total. The molecule has 4 rings (SSSR count). The topological polar surface area (TPSA) is 92.6 Å². The fourth-order valence-corrected chi connectivity index (χ4v) is 4.65. The van der Waals surface area contributed by atoms with Gasteiger partial charge in [0, 0.05) is 23.1 Å². The smallest absolute Gasteiger partial charge is 0.274 e. The van der Waals surface area contributed by atoms with Gasteiger partial charge in [-0.05, 0) is 69.0 Å². The van der Waals surface area contributed by atoms with Gasteiger partial charge in [-0.3, -0.25) is 14.4 Å². The van der Waals surface area contributed by atoms with Crippen LogP contribution >= 0.6 is 11.3 Å². The number of benzene rings is 2. The number of fused-ring (bicyclic) bond motifs is 1. The van der Waals surface area contributed by atoms with Crippen LogP contribution in [-0.4, -0.2) is 21.2 Å². The van der Waals surface area contributed by atoms with Gasteiger partial charge < -0.3 is 10.6 Å². The summed E-state index contributed by atoms with van der Waals surface area (Å²) in [6.45, 7) is 9.43. The lowest BCUT2D eigenvalue weighted by Gasteiger charge is -2.12. The summed E-state index contributed by atoms with van der Waals surface area (Å²) in [5.74, 6) is -1.02. The lowest BCUT2D eigenvalue weighted by atomic mass is 10.1. The maximum Gasteiger partial charge on any atom is 0.274 e. The summed E-state index contributed by atoms with van der Waals surface area (Å²) < 4.78 is 1.20. The van der Waals surface area contributed by atoms with Crippen LogP contribution in [0.3, 0.4) is 0 Å². The third-order valence-corrected chi connectivity index (χ3v) is 6.81. The van der Waals surface area contributed by atoms with Crippen LogP contribution in [0.25, 0.3) is 4.96 Å². The van der Waals surface area contributed by atoms with Crippen molar-refractivity contribution in [3.63, 3.8) is 0 Å². The highest BCUT2D eigenvalue weighted by Crippen LogP contribution is 2.26. The fourth-order valence-electron chi connectivity index (χ4n) is 3.58. The van der Waals surface area contributed by atoms with E-state index in [-0.39, 0.29) is 15.5 Å². The number of carbonyl (C=O) groups excluding carboxylic acids is 2. The van der Waals surface area contributed by atoms with Crippen LogP contribution in [-0.2, 0) is 0 Å². The van der Waals surface area contributed by atoms with E-state index < -0.39 is 17.4 Å². The van der Waals surface area contributed by atoms with Crippen molar-refractivity contribution in [1.29, 1.82) is 0 Å². The number of aryl methyl sites for hydroxylation is 3. The van der Waals surface area contributed by atoms with Gasteiger partial charge in [0.05, 0.1) is 0 Å². The molecule has 33 heavy (non-hydrogen) atoms. The normalized spacial score (nSPS) is 10.9. The third-order valence-electron chi connectivity index (χ3n) is 5.78. The molecule has 0 aliphatic rings. The van der Waals surface area contributed by atoms with E-state index in [0.29, 0.717) is 17.1 Å². The average molecular weight is 461 g/mol. The molecule has 0 bridgehead atoms. The summed E-state index contributed by atoms with van der Waals surface area (Å²) in [6, 6.07) is 12.5. The number of carbonyl (C=O) groups is 2. The number of nitrogens with one attached hydrogen (secondary N) is 2. The van der Waals surface area contributed by atoms with Crippen molar-refractivity contribution in [3.05, 3.63) is 91.3 Å². The van der Waals surface area contributed by atoms with Gasteiger partial charge in [0.1, 0.15) is 10.6 Å². The Bertz CT molecular complexity index is 1480. The number of amides is 2. The number of rotatable bonds is 4. The van der Waals surface area contributed by atoms with Crippen LogP contribution in [0.4, 0.5) is 11.4 Å². The quantitative estimate of drug-likeness (QED) is 0.457. The molecule has 2 N–H and O–H groups in total. The molecule has 8 heteroatoms. The van der Waals surface area contributed by atoms with E-state index in [4.69, 9.17) is 0 Å². The van der Waals surface area contributed by atoms with E-state index >= 15 is 0 Å². The lowest BCUT2D eigenvalue weighted by Crippen LogP contribution is -2.25. The highest BCUT2D eigenvalue weighted by Gasteiger charge is 2.27. The van der Waals surface area contributed by atoms with Gasteiger partial charge in [0.25, 0.3) is 17.4 Å². The predicted molar refractivity (Wildman–Crippen MR) is 132 cm³/mol. The van der Waals surface area contributed by atoms with E-state index in [1.807, 2.05) is 52.0 Å². The third kappa shape index (κ3) is 4.17. The number of aromatic nitrogens is 2. The van der Waals surface area contributed by atoms with Crippen LogP contribution in [0.2, 0.25) is 0 Å². The summed E-state index contributed by atoms with van der Waals surface area (Å²) in [5.41, 5.74) is 5.23. The molecular weight excluding hydrogens is 436 g/mol. The van der Waals surface area contributed by atoms with Crippen LogP contribution in [0, 0.1) is 34.6 Å². The molecule has 0 unspecified atom stereocenters. The van der Waals surface area contributed by atoms with Gasteiger partial charge in [0.15, 0.2) is 4.96 Å². The highest BCUT2D eigenvalue weighted by atomic mass is 32.1. The minimum absolute atomic E-state index is 0.0313. The molecule has 2 aromatic heterocycles. The number of nitrogens with zero attached hydrogens (tertiary/aromatic N) is 2. The number of hydrogen-bond donors (Lipinski definition) is 2. The summed E-state index contributed by atoms with van der Waals surface area (Å²) in [7, 11) is 0. The van der Waals surface area contributed by atoms with Crippen LogP contribution in [0.1, 0.15) is 48.1 Å². The summed E-state index contributed by atoms with van der Waals surface area (Å²) >= 11 is 1.01. The standard InChI is InChI=1S/C25H24N4O3S/c1-13-8-6-10-18(16(13)4)27-23(31)21-22(33-25-26-15(3)12-20(30)29(21)25)24(32)28-19-11-7-9-14(2)17(19)5/h6-12H,1-5H3,(H,27,31)(H,28,32).